The summed E-state index contributed by atoms with van der Waals surface area (Å²) in [6, 6.07) is 1.72. The second-order valence-electron chi connectivity index (χ2n) is 4.15. The van der Waals surface area contributed by atoms with Crippen LogP contribution in [0.1, 0.15) is 19.8 Å². The molecular formula is C12H20N4O2. The normalized spacial score (nSPS) is 11.9. The first-order valence-corrected chi connectivity index (χ1v) is 6.06. The Kier molecular flexibility index (Phi) is 6.07. The summed E-state index contributed by atoms with van der Waals surface area (Å²) in [5.41, 5.74) is 0. The van der Waals surface area contributed by atoms with E-state index in [1.54, 1.807) is 30.4 Å². The standard InChI is InChI=1S/C12H20N4O2/c1-3-5-10(17)8-15-11(18)9-16(2)12-13-6-4-7-14-12/h4,6-7,10,17H,3,5,8-9H2,1-2H3,(H,15,18). The maximum atomic E-state index is 11.6. The Hall–Kier alpha value is -1.69. The van der Waals surface area contributed by atoms with Crippen LogP contribution in [0, 0.1) is 0 Å². The molecule has 6 heteroatoms. The second kappa shape index (κ2) is 7.60. The summed E-state index contributed by atoms with van der Waals surface area (Å²) >= 11 is 0. The molecule has 0 spiro atoms. The molecule has 0 saturated carbocycles. The van der Waals surface area contributed by atoms with Crippen LogP contribution >= 0.6 is 0 Å². The number of hydrogen-bond donors (Lipinski definition) is 2. The number of nitrogens with one attached hydrogen (secondary N) is 1. The Morgan fingerprint density at radius 3 is 2.78 bits per heavy atom. The van der Waals surface area contributed by atoms with Crippen molar-refractivity contribution in [3.05, 3.63) is 18.5 Å². The van der Waals surface area contributed by atoms with E-state index in [1.807, 2.05) is 6.92 Å². The van der Waals surface area contributed by atoms with Crippen LogP contribution in [0.15, 0.2) is 18.5 Å². The molecule has 0 aromatic carbocycles. The summed E-state index contributed by atoms with van der Waals surface area (Å²) < 4.78 is 0. The summed E-state index contributed by atoms with van der Waals surface area (Å²) in [6.07, 6.45) is 4.37. The van der Waals surface area contributed by atoms with Gasteiger partial charge in [0.05, 0.1) is 12.6 Å². The predicted octanol–water partition coefficient (Wildman–Crippen LogP) is 0.190. The molecule has 0 aliphatic rings. The number of hydrogen-bond acceptors (Lipinski definition) is 5. The lowest BCUT2D eigenvalue weighted by molar-refractivity contribution is -0.120. The third-order valence-corrected chi connectivity index (χ3v) is 2.43. The topological polar surface area (TPSA) is 78.4 Å². The Morgan fingerprint density at radius 2 is 2.17 bits per heavy atom. The molecule has 1 heterocycles. The molecule has 1 unspecified atom stereocenters. The molecule has 0 aliphatic carbocycles. The molecule has 1 atom stereocenters. The average Bonchev–Trinajstić information content (AvgIpc) is 2.38. The maximum Gasteiger partial charge on any atom is 0.239 e. The van der Waals surface area contributed by atoms with Gasteiger partial charge < -0.3 is 15.3 Å². The van der Waals surface area contributed by atoms with E-state index >= 15 is 0 Å². The molecule has 18 heavy (non-hydrogen) atoms. The van der Waals surface area contributed by atoms with Crippen LogP contribution in [0.5, 0.6) is 0 Å². The lowest BCUT2D eigenvalue weighted by Gasteiger charge is -2.17. The van der Waals surface area contributed by atoms with Crippen molar-refractivity contribution in [3.8, 4) is 0 Å². The number of carbonyl (C=O) groups excluding carboxylic acids is 1. The maximum absolute atomic E-state index is 11.6. The van der Waals surface area contributed by atoms with Gasteiger partial charge in [-0.05, 0) is 12.5 Å². The van der Waals surface area contributed by atoms with Gasteiger partial charge in [-0.15, -0.1) is 0 Å². The minimum Gasteiger partial charge on any atom is -0.391 e. The van der Waals surface area contributed by atoms with Gasteiger partial charge in [0.25, 0.3) is 0 Å². The van der Waals surface area contributed by atoms with Crippen molar-refractivity contribution in [1.82, 2.24) is 15.3 Å². The molecule has 0 aliphatic heterocycles. The predicted molar refractivity (Wildman–Crippen MR) is 69.2 cm³/mol. The van der Waals surface area contributed by atoms with E-state index < -0.39 is 6.10 Å². The number of rotatable bonds is 7. The van der Waals surface area contributed by atoms with Gasteiger partial charge in [0.2, 0.25) is 11.9 Å². The summed E-state index contributed by atoms with van der Waals surface area (Å²) in [5.74, 6) is 0.349. The van der Waals surface area contributed by atoms with E-state index in [9.17, 15) is 9.90 Å². The molecule has 2 N–H and O–H groups in total. The second-order valence-corrected chi connectivity index (χ2v) is 4.15. The first kappa shape index (κ1) is 14.4. The van der Waals surface area contributed by atoms with E-state index in [2.05, 4.69) is 15.3 Å². The number of carbonyl (C=O) groups is 1. The van der Waals surface area contributed by atoms with Gasteiger partial charge in [-0.25, -0.2) is 9.97 Å². The zero-order valence-electron chi connectivity index (χ0n) is 10.8. The minimum atomic E-state index is -0.475. The molecule has 0 saturated heterocycles. The van der Waals surface area contributed by atoms with Crippen LogP contribution in [0.2, 0.25) is 0 Å². The highest BCUT2D eigenvalue weighted by Crippen LogP contribution is 2.00. The van der Waals surface area contributed by atoms with Crippen molar-refractivity contribution >= 4 is 11.9 Å². The lowest BCUT2D eigenvalue weighted by atomic mass is 10.2. The van der Waals surface area contributed by atoms with Gasteiger partial charge in [0.1, 0.15) is 0 Å². The Morgan fingerprint density at radius 1 is 1.50 bits per heavy atom. The van der Waals surface area contributed by atoms with Gasteiger partial charge in [-0.2, -0.15) is 0 Å². The number of amides is 1. The first-order valence-electron chi connectivity index (χ1n) is 6.06. The van der Waals surface area contributed by atoms with E-state index in [4.69, 9.17) is 0 Å². The Balaban J connectivity index is 2.32. The van der Waals surface area contributed by atoms with Crippen molar-refractivity contribution in [2.75, 3.05) is 25.0 Å². The minimum absolute atomic E-state index is 0.153. The summed E-state index contributed by atoms with van der Waals surface area (Å²) in [4.78, 5) is 21.4. The number of aromatic nitrogens is 2. The van der Waals surface area contributed by atoms with Crippen LogP contribution in [-0.4, -0.2) is 47.2 Å². The molecular weight excluding hydrogens is 232 g/mol. The smallest absolute Gasteiger partial charge is 0.239 e. The fourth-order valence-electron chi connectivity index (χ4n) is 1.50. The van der Waals surface area contributed by atoms with E-state index in [0.29, 0.717) is 12.4 Å². The molecule has 1 aromatic rings. The van der Waals surface area contributed by atoms with Crippen molar-refractivity contribution in [3.63, 3.8) is 0 Å². The molecule has 0 radical (unpaired) electrons. The van der Waals surface area contributed by atoms with Crippen LogP contribution in [-0.2, 0) is 4.79 Å². The van der Waals surface area contributed by atoms with Crippen molar-refractivity contribution < 1.29 is 9.90 Å². The summed E-state index contributed by atoms with van der Waals surface area (Å²) in [5, 5.41) is 12.2. The molecule has 0 fully saturated rings. The molecule has 1 rings (SSSR count). The third kappa shape index (κ3) is 5.09. The quantitative estimate of drug-likeness (QED) is 0.724. The number of aliphatic hydroxyl groups excluding tert-OH is 1. The van der Waals surface area contributed by atoms with Crippen LogP contribution in [0.25, 0.3) is 0 Å². The largest absolute Gasteiger partial charge is 0.391 e. The lowest BCUT2D eigenvalue weighted by Crippen LogP contribution is -2.39. The molecule has 100 valence electrons. The van der Waals surface area contributed by atoms with E-state index in [0.717, 1.165) is 6.42 Å². The van der Waals surface area contributed by atoms with Gasteiger partial charge in [0.15, 0.2) is 0 Å². The van der Waals surface area contributed by atoms with Gasteiger partial charge in [-0.1, -0.05) is 13.3 Å². The van der Waals surface area contributed by atoms with E-state index in [-0.39, 0.29) is 19.0 Å². The highest BCUT2D eigenvalue weighted by molar-refractivity contribution is 5.80. The Labute approximate surface area is 107 Å². The SMILES string of the molecule is CCCC(O)CNC(=O)CN(C)c1ncccn1. The van der Waals surface area contributed by atoms with Crippen LogP contribution < -0.4 is 10.2 Å². The third-order valence-electron chi connectivity index (χ3n) is 2.43. The van der Waals surface area contributed by atoms with E-state index in [1.165, 1.54) is 0 Å². The highest BCUT2D eigenvalue weighted by atomic mass is 16.3. The van der Waals surface area contributed by atoms with Gasteiger partial charge >= 0.3 is 0 Å². The zero-order valence-corrected chi connectivity index (χ0v) is 10.8. The average molecular weight is 252 g/mol. The van der Waals surface area contributed by atoms with Crippen molar-refractivity contribution in [2.45, 2.75) is 25.9 Å². The number of anilines is 1. The summed E-state index contributed by atoms with van der Waals surface area (Å²) in [6.45, 7) is 2.45. The Bertz CT molecular complexity index is 358. The van der Waals surface area contributed by atoms with Crippen molar-refractivity contribution in [1.29, 1.82) is 0 Å². The number of nitrogens with zero attached hydrogens (tertiary/aromatic N) is 3. The number of likely N-dealkylation sites (N-methyl/N-ethyl adjacent to an activating group) is 1. The fourth-order valence-corrected chi connectivity index (χ4v) is 1.50. The molecule has 1 aromatic heterocycles. The van der Waals surface area contributed by atoms with Gasteiger partial charge in [0, 0.05) is 26.0 Å². The monoisotopic (exact) mass is 252 g/mol. The first-order chi connectivity index (χ1) is 8.63. The zero-order chi connectivity index (χ0) is 13.4. The van der Waals surface area contributed by atoms with Gasteiger partial charge in [-0.3, -0.25) is 4.79 Å². The van der Waals surface area contributed by atoms with Crippen LogP contribution in [0.3, 0.4) is 0 Å². The summed E-state index contributed by atoms with van der Waals surface area (Å²) in [7, 11) is 1.75. The molecule has 6 nitrogen and oxygen atoms in total. The van der Waals surface area contributed by atoms with Crippen molar-refractivity contribution in [2.24, 2.45) is 0 Å². The fraction of sp³-hybridized carbons (Fsp3) is 0.583. The highest BCUT2D eigenvalue weighted by Gasteiger charge is 2.10. The molecule has 0 bridgehead atoms. The number of aliphatic hydroxyl groups is 1. The molecule has 1 amide bonds. The van der Waals surface area contributed by atoms with Crippen LogP contribution in [0.4, 0.5) is 5.95 Å².